The van der Waals surface area contributed by atoms with Gasteiger partial charge in [0.25, 0.3) is 0 Å². The van der Waals surface area contributed by atoms with Gasteiger partial charge in [0.1, 0.15) is 5.82 Å². The second-order valence-electron chi connectivity index (χ2n) is 5.26. The van der Waals surface area contributed by atoms with Crippen molar-refractivity contribution in [1.29, 1.82) is 0 Å². The van der Waals surface area contributed by atoms with E-state index >= 15 is 0 Å². The maximum atomic E-state index is 13.1. The van der Waals surface area contributed by atoms with Crippen molar-refractivity contribution in [2.75, 3.05) is 18.9 Å². The molecule has 17 heavy (non-hydrogen) atoms. The summed E-state index contributed by atoms with van der Waals surface area (Å²) in [6, 6.07) is 7.74. The minimum absolute atomic E-state index is 0.177. The lowest BCUT2D eigenvalue weighted by Gasteiger charge is -2.40. The molecule has 2 nitrogen and oxygen atoms in total. The summed E-state index contributed by atoms with van der Waals surface area (Å²) in [5.41, 5.74) is 0.888. The van der Waals surface area contributed by atoms with Gasteiger partial charge in [-0.15, -0.1) is 0 Å². The van der Waals surface area contributed by atoms with Crippen LogP contribution >= 0.6 is 0 Å². The molecule has 3 heteroatoms. The second kappa shape index (κ2) is 5.05. The van der Waals surface area contributed by atoms with E-state index < -0.39 is 0 Å². The van der Waals surface area contributed by atoms with Crippen molar-refractivity contribution in [3.63, 3.8) is 0 Å². The van der Waals surface area contributed by atoms with Crippen molar-refractivity contribution in [1.82, 2.24) is 4.90 Å². The average Bonchev–Trinajstić information content (AvgIpc) is 2.26. The summed E-state index contributed by atoms with van der Waals surface area (Å²) in [6.07, 6.45) is 1.11. The van der Waals surface area contributed by atoms with Crippen molar-refractivity contribution in [2.24, 2.45) is 5.92 Å². The van der Waals surface area contributed by atoms with Crippen LogP contribution in [-0.4, -0.2) is 30.6 Å². The molecule has 1 aromatic carbocycles. The predicted octanol–water partition coefficient (Wildman–Crippen LogP) is 2.97. The van der Waals surface area contributed by atoms with Crippen LogP contribution in [0.3, 0.4) is 0 Å². The zero-order chi connectivity index (χ0) is 12.4. The summed E-state index contributed by atoms with van der Waals surface area (Å²) in [7, 11) is 2.17. The van der Waals surface area contributed by atoms with Crippen LogP contribution in [0.1, 0.15) is 20.3 Å². The van der Waals surface area contributed by atoms with E-state index in [0.29, 0.717) is 18.0 Å². The molecule has 1 N–H and O–H groups in total. The predicted molar refractivity (Wildman–Crippen MR) is 69.7 cm³/mol. The zero-order valence-corrected chi connectivity index (χ0v) is 10.8. The fourth-order valence-electron chi connectivity index (χ4n) is 2.53. The summed E-state index contributed by atoms with van der Waals surface area (Å²) >= 11 is 0. The van der Waals surface area contributed by atoms with Gasteiger partial charge in [-0.3, -0.25) is 0 Å². The van der Waals surface area contributed by atoms with E-state index in [1.807, 2.05) is 6.07 Å². The lowest BCUT2D eigenvalue weighted by atomic mass is 9.89. The highest BCUT2D eigenvalue weighted by Gasteiger charge is 2.28. The molecular weight excluding hydrogens is 215 g/mol. The highest BCUT2D eigenvalue weighted by atomic mass is 19.1. The number of benzene rings is 1. The Bertz CT molecular complexity index is 380. The van der Waals surface area contributed by atoms with Crippen molar-refractivity contribution >= 4 is 5.69 Å². The third-order valence-corrected chi connectivity index (χ3v) is 3.79. The van der Waals surface area contributed by atoms with Gasteiger partial charge in [0.05, 0.1) is 0 Å². The van der Waals surface area contributed by atoms with E-state index in [4.69, 9.17) is 0 Å². The Balaban J connectivity index is 2.03. The Morgan fingerprint density at radius 3 is 2.82 bits per heavy atom. The maximum Gasteiger partial charge on any atom is 0.125 e. The lowest BCUT2D eigenvalue weighted by Crippen LogP contribution is -2.48. The van der Waals surface area contributed by atoms with E-state index in [1.54, 1.807) is 12.1 Å². The first-order valence-corrected chi connectivity index (χ1v) is 6.28. The molecule has 2 rings (SSSR count). The third-order valence-electron chi connectivity index (χ3n) is 3.79. The first-order valence-electron chi connectivity index (χ1n) is 6.28. The molecule has 1 aromatic rings. The van der Waals surface area contributed by atoms with Crippen LogP contribution in [0.25, 0.3) is 0 Å². The highest BCUT2D eigenvalue weighted by molar-refractivity contribution is 5.44. The number of nitrogens with one attached hydrogen (secondary N) is 1. The van der Waals surface area contributed by atoms with Crippen LogP contribution in [0.4, 0.5) is 10.1 Å². The molecule has 0 spiro atoms. The number of halogens is 1. The molecule has 0 amide bonds. The first kappa shape index (κ1) is 12.4. The number of anilines is 1. The van der Waals surface area contributed by atoms with Crippen molar-refractivity contribution in [2.45, 2.75) is 32.4 Å². The lowest BCUT2D eigenvalue weighted by molar-refractivity contribution is 0.145. The monoisotopic (exact) mass is 236 g/mol. The van der Waals surface area contributed by atoms with Crippen LogP contribution < -0.4 is 5.32 Å². The normalized spacial score (nSPS) is 30.2. The van der Waals surface area contributed by atoms with Gasteiger partial charge in [0, 0.05) is 24.3 Å². The number of hydrogen-bond acceptors (Lipinski definition) is 2. The van der Waals surface area contributed by atoms with Crippen molar-refractivity contribution < 1.29 is 4.39 Å². The van der Waals surface area contributed by atoms with E-state index in [9.17, 15) is 4.39 Å². The molecule has 0 bridgehead atoms. The minimum Gasteiger partial charge on any atom is -0.382 e. The van der Waals surface area contributed by atoms with Gasteiger partial charge in [-0.2, -0.15) is 0 Å². The van der Waals surface area contributed by atoms with E-state index in [-0.39, 0.29) is 5.82 Å². The van der Waals surface area contributed by atoms with Crippen LogP contribution in [0.15, 0.2) is 24.3 Å². The topological polar surface area (TPSA) is 15.3 Å². The SMILES string of the molecule is CC1CN(C)C(C)CC1Nc1cccc(F)c1. The smallest absolute Gasteiger partial charge is 0.125 e. The van der Waals surface area contributed by atoms with E-state index in [1.165, 1.54) is 6.07 Å². The van der Waals surface area contributed by atoms with Gasteiger partial charge in [-0.25, -0.2) is 4.39 Å². The molecule has 94 valence electrons. The van der Waals surface area contributed by atoms with Crippen molar-refractivity contribution in [3.05, 3.63) is 30.1 Å². The number of likely N-dealkylation sites (tertiary alicyclic amines) is 1. The van der Waals surface area contributed by atoms with Crippen LogP contribution in [-0.2, 0) is 0 Å². The molecule has 1 aliphatic heterocycles. The molecule has 0 aliphatic carbocycles. The zero-order valence-electron chi connectivity index (χ0n) is 10.8. The molecule has 1 aliphatic rings. The quantitative estimate of drug-likeness (QED) is 0.849. The molecule has 3 unspecified atom stereocenters. The summed E-state index contributed by atoms with van der Waals surface area (Å²) in [4.78, 5) is 2.38. The second-order valence-corrected chi connectivity index (χ2v) is 5.26. The molecule has 0 saturated carbocycles. The minimum atomic E-state index is -0.177. The van der Waals surface area contributed by atoms with Gasteiger partial charge in [0.2, 0.25) is 0 Å². The Labute approximate surface area is 103 Å². The molecule has 0 aromatic heterocycles. The fraction of sp³-hybridized carbons (Fsp3) is 0.571. The summed E-state index contributed by atoms with van der Waals surface area (Å²) in [5.74, 6) is 0.406. The van der Waals surface area contributed by atoms with Gasteiger partial charge >= 0.3 is 0 Å². The summed E-state index contributed by atoms with van der Waals surface area (Å²) in [5, 5.41) is 3.46. The van der Waals surface area contributed by atoms with Gasteiger partial charge in [-0.05, 0) is 44.5 Å². The molecule has 3 atom stereocenters. The summed E-state index contributed by atoms with van der Waals surface area (Å²) < 4.78 is 13.1. The molecule has 1 heterocycles. The van der Waals surface area contributed by atoms with Gasteiger partial charge < -0.3 is 10.2 Å². The van der Waals surface area contributed by atoms with E-state index in [0.717, 1.165) is 18.7 Å². The fourth-order valence-corrected chi connectivity index (χ4v) is 2.53. The first-order chi connectivity index (χ1) is 8.06. The Morgan fingerprint density at radius 1 is 1.35 bits per heavy atom. The third kappa shape index (κ3) is 2.97. The molecule has 1 fully saturated rings. The molecular formula is C14H21FN2. The Morgan fingerprint density at radius 2 is 2.12 bits per heavy atom. The number of hydrogen-bond donors (Lipinski definition) is 1. The molecule has 1 saturated heterocycles. The maximum absolute atomic E-state index is 13.1. The number of nitrogens with zero attached hydrogens (tertiary/aromatic N) is 1. The van der Waals surface area contributed by atoms with Crippen LogP contribution in [0.2, 0.25) is 0 Å². The van der Waals surface area contributed by atoms with Gasteiger partial charge in [0.15, 0.2) is 0 Å². The van der Waals surface area contributed by atoms with Crippen molar-refractivity contribution in [3.8, 4) is 0 Å². The highest BCUT2D eigenvalue weighted by Crippen LogP contribution is 2.24. The van der Waals surface area contributed by atoms with Crippen LogP contribution in [0.5, 0.6) is 0 Å². The largest absolute Gasteiger partial charge is 0.382 e. The standard InChI is InChI=1S/C14H21FN2/c1-10-9-17(3)11(2)7-14(10)16-13-6-4-5-12(15)8-13/h4-6,8,10-11,14,16H,7,9H2,1-3H3. The van der Waals surface area contributed by atoms with E-state index in [2.05, 4.69) is 31.1 Å². The Kier molecular flexibility index (Phi) is 3.67. The average molecular weight is 236 g/mol. The van der Waals surface area contributed by atoms with Gasteiger partial charge in [-0.1, -0.05) is 13.0 Å². The summed E-state index contributed by atoms with van der Waals surface area (Å²) in [6.45, 7) is 5.58. The molecule has 0 radical (unpaired) electrons. The number of piperidine rings is 1. The van der Waals surface area contributed by atoms with Crippen LogP contribution in [0, 0.1) is 11.7 Å². The Hall–Kier alpha value is -1.09. The number of rotatable bonds is 2.